The van der Waals surface area contributed by atoms with E-state index in [1.807, 2.05) is 11.8 Å². The van der Waals surface area contributed by atoms with Gasteiger partial charge in [0, 0.05) is 24.0 Å². The Labute approximate surface area is 135 Å². The van der Waals surface area contributed by atoms with Gasteiger partial charge in [-0.05, 0) is 42.9 Å². The summed E-state index contributed by atoms with van der Waals surface area (Å²) in [6, 6.07) is 5.83. The highest BCUT2D eigenvalue weighted by molar-refractivity contribution is 7.99. The average molecular weight is 349 g/mol. The van der Waals surface area contributed by atoms with Crippen LogP contribution in [0.1, 0.15) is 26.2 Å². The van der Waals surface area contributed by atoms with E-state index >= 15 is 0 Å². The van der Waals surface area contributed by atoms with Gasteiger partial charge in [-0.25, -0.2) is 8.42 Å². The molecule has 0 bridgehead atoms. The summed E-state index contributed by atoms with van der Waals surface area (Å²) >= 11 is 1.94. The van der Waals surface area contributed by atoms with Crippen LogP contribution in [-0.4, -0.2) is 38.3 Å². The molecule has 1 aliphatic heterocycles. The van der Waals surface area contributed by atoms with Crippen LogP contribution in [0, 0.1) is 0 Å². The second kappa shape index (κ2) is 7.64. The smallest absolute Gasteiger partial charge is 0.341 e. The normalized spacial score (nSPS) is 20.2. The van der Waals surface area contributed by atoms with Crippen molar-refractivity contribution in [1.29, 1.82) is 0 Å². The lowest BCUT2D eigenvalue weighted by Crippen LogP contribution is -2.29. The maximum absolute atomic E-state index is 12.5. The molecular formula is C15H21F2NO2S2. The van der Waals surface area contributed by atoms with Crippen molar-refractivity contribution in [1.82, 2.24) is 0 Å². The molecule has 124 valence electrons. The van der Waals surface area contributed by atoms with Gasteiger partial charge in [-0.2, -0.15) is 20.5 Å². The minimum Gasteiger partial charge on any atom is -0.370 e. The molecule has 0 spiro atoms. The molecule has 1 heterocycles. The number of halogens is 2. The third kappa shape index (κ3) is 4.13. The zero-order chi connectivity index (χ0) is 16.2. The Morgan fingerprint density at radius 1 is 1.27 bits per heavy atom. The van der Waals surface area contributed by atoms with Gasteiger partial charge in [-0.15, -0.1) is 0 Å². The number of thioether (sulfide) groups is 1. The fraction of sp³-hybridized carbons (Fsp3) is 0.600. The number of benzene rings is 1. The summed E-state index contributed by atoms with van der Waals surface area (Å²) in [6.45, 7) is 3.98. The number of hydrogen-bond acceptors (Lipinski definition) is 4. The first kappa shape index (κ1) is 17.5. The number of sulfone groups is 1. The van der Waals surface area contributed by atoms with E-state index in [1.54, 1.807) is 12.1 Å². The molecule has 3 nitrogen and oxygen atoms in total. The van der Waals surface area contributed by atoms with Gasteiger partial charge in [-0.3, -0.25) is 0 Å². The monoisotopic (exact) mass is 349 g/mol. The van der Waals surface area contributed by atoms with E-state index in [-0.39, 0.29) is 4.90 Å². The van der Waals surface area contributed by atoms with E-state index in [0.717, 1.165) is 31.0 Å². The summed E-state index contributed by atoms with van der Waals surface area (Å²) in [7, 11) is -4.51. The van der Waals surface area contributed by atoms with E-state index in [0.29, 0.717) is 5.25 Å². The van der Waals surface area contributed by atoms with Crippen LogP contribution in [-0.2, 0) is 9.84 Å². The second-order valence-corrected chi connectivity index (χ2v) is 8.81. The summed E-state index contributed by atoms with van der Waals surface area (Å²) in [5.41, 5.74) is 0.900. The van der Waals surface area contributed by atoms with Crippen molar-refractivity contribution < 1.29 is 17.2 Å². The maximum atomic E-state index is 12.5. The van der Waals surface area contributed by atoms with Gasteiger partial charge < -0.3 is 4.90 Å². The molecule has 0 saturated carbocycles. The zero-order valence-corrected chi connectivity index (χ0v) is 14.2. The molecule has 0 amide bonds. The molecule has 1 aromatic rings. The molecule has 0 aromatic heterocycles. The first-order valence-electron chi connectivity index (χ1n) is 7.44. The molecule has 0 N–H and O–H groups in total. The molecule has 1 aliphatic rings. The lowest BCUT2D eigenvalue weighted by atomic mass is 10.2. The van der Waals surface area contributed by atoms with Crippen LogP contribution in [0.15, 0.2) is 29.2 Å². The van der Waals surface area contributed by atoms with E-state index in [9.17, 15) is 17.2 Å². The number of anilines is 1. The summed E-state index contributed by atoms with van der Waals surface area (Å²) in [5, 5.41) is 0.567. The van der Waals surface area contributed by atoms with Crippen LogP contribution in [0.4, 0.5) is 14.5 Å². The highest BCUT2D eigenvalue weighted by atomic mass is 32.2. The van der Waals surface area contributed by atoms with E-state index in [4.69, 9.17) is 0 Å². The lowest BCUT2D eigenvalue weighted by molar-refractivity contribution is 0.234. The van der Waals surface area contributed by atoms with Gasteiger partial charge >= 0.3 is 5.76 Å². The Morgan fingerprint density at radius 2 is 1.95 bits per heavy atom. The van der Waals surface area contributed by atoms with Crippen LogP contribution >= 0.6 is 11.8 Å². The SMILES string of the molecule is CCSC1CCCCN(c2ccc(S(=O)(=O)C(F)F)cc2)C1. The maximum Gasteiger partial charge on any atom is 0.341 e. The van der Waals surface area contributed by atoms with Crippen LogP contribution in [0.3, 0.4) is 0 Å². The van der Waals surface area contributed by atoms with Crippen molar-refractivity contribution >= 4 is 27.3 Å². The van der Waals surface area contributed by atoms with Gasteiger partial charge in [0.05, 0.1) is 4.90 Å². The topological polar surface area (TPSA) is 37.4 Å². The predicted octanol–water partition coefficient (Wildman–Crippen LogP) is 3.79. The molecule has 7 heteroatoms. The van der Waals surface area contributed by atoms with Crippen LogP contribution in [0.5, 0.6) is 0 Å². The van der Waals surface area contributed by atoms with Gasteiger partial charge in [-0.1, -0.05) is 13.3 Å². The lowest BCUT2D eigenvalue weighted by Gasteiger charge is -2.26. The van der Waals surface area contributed by atoms with E-state index in [2.05, 4.69) is 11.8 Å². The molecule has 1 fully saturated rings. The Kier molecular flexibility index (Phi) is 6.09. The Balaban J connectivity index is 2.15. The van der Waals surface area contributed by atoms with Crippen LogP contribution in [0.25, 0.3) is 0 Å². The van der Waals surface area contributed by atoms with Crippen molar-refractivity contribution in [3.8, 4) is 0 Å². The van der Waals surface area contributed by atoms with Crippen LogP contribution < -0.4 is 4.90 Å². The van der Waals surface area contributed by atoms with Crippen molar-refractivity contribution in [2.75, 3.05) is 23.7 Å². The van der Waals surface area contributed by atoms with Crippen molar-refractivity contribution in [3.63, 3.8) is 0 Å². The highest BCUT2D eigenvalue weighted by Gasteiger charge is 2.26. The number of alkyl halides is 2. The number of rotatable bonds is 5. The molecule has 0 aliphatic carbocycles. The molecule has 0 radical (unpaired) electrons. The molecule has 1 unspecified atom stereocenters. The largest absolute Gasteiger partial charge is 0.370 e. The van der Waals surface area contributed by atoms with Gasteiger partial charge in [0.25, 0.3) is 0 Å². The average Bonchev–Trinajstić information content (AvgIpc) is 2.73. The third-order valence-electron chi connectivity index (χ3n) is 3.80. The third-order valence-corrected chi connectivity index (χ3v) is 6.38. The van der Waals surface area contributed by atoms with Gasteiger partial charge in [0.2, 0.25) is 9.84 Å². The fourth-order valence-corrected chi connectivity index (χ4v) is 4.47. The number of hydrogen-bond donors (Lipinski definition) is 0. The summed E-state index contributed by atoms with van der Waals surface area (Å²) in [6.07, 6.45) is 3.47. The number of nitrogens with zero attached hydrogens (tertiary/aromatic N) is 1. The Hall–Kier alpha value is -0.820. The minimum absolute atomic E-state index is 0.319. The molecule has 1 saturated heterocycles. The van der Waals surface area contributed by atoms with E-state index < -0.39 is 15.6 Å². The standard InChI is InChI=1S/C15H21F2NO2S2/c1-2-21-13-5-3-4-10-18(11-13)12-6-8-14(9-7-12)22(19,20)15(16)17/h6-9,13,15H,2-5,10-11H2,1H3. The molecular weight excluding hydrogens is 328 g/mol. The van der Waals surface area contributed by atoms with Crippen molar-refractivity contribution in [2.24, 2.45) is 0 Å². The molecule has 2 rings (SSSR count). The second-order valence-electron chi connectivity index (χ2n) is 5.32. The van der Waals surface area contributed by atoms with Crippen molar-refractivity contribution in [2.45, 2.75) is 42.1 Å². The zero-order valence-electron chi connectivity index (χ0n) is 12.5. The molecule has 22 heavy (non-hydrogen) atoms. The first-order chi connectivity index (χ1) is 10.4. The van der Waals surface area contributed by atoms with Crippen LogP contribution in [0.2, 0.25) is 0 Å². The van der Waals surface area contributed by atoms with Crippen molar-refractivity contribution in [3.05, 3.63) is 24.3 Å². The van der Waals surface area contributed by atoms with E-state index in [1.165, 1.54) is 25.0 Å². The molecule has 1 atom stereocenters. The first-order valence-corrected chi connectivity index (χ1v) is 10.0. The highest BCUT2D eigenvalue weighted by Crippen LogP contribution is 2.27. The fourth-order valence-electron chi connectivity index (χ4n) is 2.66. The summed E-state index contributed by atoms with van der Waals surface area (Å²) < 4.78 is 48.0. The minimum atomic E-state index is -4.51. The Morgan fingerprint density at radius 3 is 2.55 bits per heavy atom. The summed E-state index contributed by atoms with van der Waals surface area (Å²) in [5.74, 6) is -2.30. The molecule has 1 aromatic carbocycles. The van der Waals surface area contributed by atoms with Gasteiger partial charge in [0.1, 0.15) is 0 Å². The quantitative estimate of drug-likeness (QED) is 0.810. The summed E-state index contributed by atoms with van der Waals surface area (Å²) in [4.78, 5) is 1.90. The Bertz CT molecular complexity index is 576. The van der Waals surface area contributed by atoms with Gasteiger partial charge in [0.15, 0.2) is 0 Å². The predicted molar refractivity (Wildman–Crippen MR) is 87.6 cm³/mol.